The van der Waals surface area contributed by atoms with E-state index in [9.17, 15) is 0 Å². The van der Waals surface area contributed by atoms with Crippen molar-refractivity contribution in [1.82, 2.24) is 4.98 Å². The summed E-state index contributed by atoms with van der Waals surface area (Å²) in [7, 11) is 0. The van der Waals surface area contributed by atoms with Crippen molar-refractivity contribution in [2.24, 2.45) is 5.41 Å². The molecule has 0 atom stereocenters. The number of rotatable bonds is 0. The third kappa shape index (κ3) is 2.21. The van der Waals surface area contributed by atoms with Gasteiger partial charge < -0.3 is 5.73 Å². The summed E-state index contributed by atoms with van der Waals surface area (Å²) in [5.74, 6) is 0. The largest absolute Gasteiger partial charge is 0.398 e. The number of nitrogen functional groups attached to an aromatic ring is 1. The van der Waals surface area contributed by atoms with E-state index in [-0.39, 0.29) is 0 Å². The number of para-hydroxylation sites is 1. The van der Waals surface area contributed by atoms with Crippen molar-refractivity contribution < 1.29 is 0 Å². The van der Waals surface area contributed by atoms with E-state index in [0.29, 0.717) is 5.41 Å². The lowest BCUT2D eigenvalue weighted by Gasteiger charge is -2.36. The van der Waals surface area contributed by atoms with Gasteiger partial charge in [0.15, 0.2) is 0 Å². The first-order valence-electron chi connectivity index (χ1n) is 8.43. The van der Waals surface area contributed by atoms with Crippen LogP contribution in [0, 0.1) is 5.41 Å². The van der Waals surface area contributed by atoms with Crippen LogP contribution >= 0.6 is 0 Å². The molecule has 2 heteroatoms. The maximum absolute atomic E-state index is 6.49. The Balaban J connectivity index is 1.83. The molecule has 0 unspecified atom stereocenters. The smallest absolute Gasteiger partial charge is 0.0726 e. The molecule has 0 aliphatic heterocycles. The topological polar surface area (TPSA) is 38.9 Å². The van der Waals surface area contributed by atoms with Crippen LogP contribution in [0.15, 0.2) is 24.3 Å². The molecule has 1 saturated carbocycles. The number of hydrogen-bond donors (Lipinski definition) is 1. The van der Waals surface area contributed by atoms with Gasteiger partial charge in [-0.2, -0.15) is 0 Å². The molecule has 2 aromatic rings. The van der Waals surface area contributed by atoms with Gasteiger partial charge in [0.2, 0.25) is 0 Å². The average Bonchev–Trinajstić information content (AvgIpc) is 2.68. The van der Waals surface area contributed by atoms with E-state index in [1.165, 1.54) is 56.2 Å². The number of fused-ring (bicyclic) bond motifs is 2. The van der Waals surface area contributed by atoms with Crippen molar-refractivity contribution in [2.75, 3.05) is 5.73 Å². The molecule has 2 nitrogen and oxygen atoms in total. The first-order chi connectivity index (χ1) is 10.3. The summed E-state index contributed by atoms with van der Waals surface area (Å²) in [5.41, 5.74) is 11.7. The quantitative estimate of drug-likeness (QED) is 0.763. The van der Waals surface area contributed by atoms with E-state index in [1.807, 2.05) is 0 Å². The lowest BCUT2D eigenvalue weighted by molar-refractivity contribution is 0.170. The van der Waals surface area contributed by atoms with Crippen molar-refractivity contribution in [3.8, 4) is 0 Å². The second-order valence-electron chi connectivity index (χ2n) is 7.06. The molecular weight excluding hydrogens is 256 g/mol. The monoisotopic (exact) mass is 280 g/mol. The van der Waals surface area contributed by atoms with Gasteiger partial charge in [0, 0.05) is 16.8 Å². The van der Waals surface area contributed by atoms with Gasteiger partial charge in [-0.05, 0) is 55.6 Å². The zero-order valence-corrected chi connectivity index (χ0v) is 12.7. The zero-order chi connectivity index (χ0) is 14.3. The van der Waals surface area contributed by atoms with E-state index >= 15 is 0 Å². The number of nitrogens with two attached hydrogens (primary N) is 1. The van der Waals surface area contributed by atoms with Crippen molar-refractivity contribution in [3.63, 3.8) is 0 Å². The minimum atomic E-state index is 0.519. The molecule has 4 rings (SSSR count). The highest BCUT2D eigenvalue weighted by molar-refractivity contribution is 5.92. The SMILES string of the molecule is Nc1c2c(nc3ccccc13)CC1(CCCCC1)CCC2. The minimum absolute atomic E-state index is 0.519. The Bertz CT molecular complexity index is 669. The fourth-order valence-electron chi connectivity index (χ4n) is 4.57. The Labute approximate surface area is 126 Å². The third-order valence-corrected chi connectivity index (χ3v) is 5.71. The minimum Gasteiger partial charge on any atom is -0.398 e. The van der Waals surface area contributed by atoms with Gasteiger partial charge in [-0.25, -0.2) is 0 Å². The number of aromatic nitrogens is 1. The lowest BCUT2D eigenvalue weighted by Crippen LogP contribution is -2.26. The second-order valence-corrected chi connectivity index (χ2v) is 7.06. The van der Waals surface area contributed by atoms with Gasteiger partial charge in [-0.3, -0.25) is 4.98 Å². The summed E-state index contributed by atoms with van der Waals surface area (Å²) in [6.45, 7) is 0. The van der Waals surface area contributed by atoms with Gasteiger partial charge >= 0.3 is 0 Å². The molecule has 1 aromatic carbocycles. The maximum Gasteiger partial charge on any atom is 0.0726 e. The Morgan fingerprint density at radius 1 is 0.952 bits per heavy atom. The summed E-state index contributed by atoms with van der Waals surface area (Å²) in [6, 6.07) is 8.34. The van der Waals surface area contributed by atoms with Crippen LogP contribution in [0.4, 0.5) is 5.69 Å². The van der Waals surface area contributed by atoms with E-state index in [1.54, 1.807) is 0 Å². The molecule has 1 spiro atoms. The van der Waals surface area contributed by atoms with Gasteiger partial charge in [0.05, 0.1) is 5.52 Å². The molecule has 0 bridgehead atoms. The molecular formula is C19H24N2. The van der Waals surface area contributed by atoms with Crippen LogP contribution in [0.3, 0.4) is 0 Å². The van der Waals surface area contributed by atoms with Crippen molar-refractivity contribution >= 4 is 16.6 Å². The van der Waals surface area contributed by atoms with Crippen LogP contribution in [0.1, 0.15) is 56.2 Å². The molecule has 110 valence electrons. The van der Waals surface area contributed by atoms with Crippen molar-refractivity contribution in [3.05, 3.63) is 35.5 Å². The molecule has 2 aliphatic carbocycles. The Morgan fingerprint density at radius 2 is 1.71 bits per heavy atom. The molecule has 0 saturated heterocycles. The highest BCUT2D eigenvalue weighted by Gasteiger charge is 2.35. The van der Waals surface area contributed by atoms with E-state index in [4.69, 9.17) is 10.7 Å². The summed E-state index contributed by atoms with van der Waals surface area (Å²) in [4.78, 5) is 5.01. The number of hydrogen-bond acceptors (Lipinski definition) is 2. The first kappa shape index (κ1) is 13.1. The molecule has 21 heavy (non-hydrogen) atoms. The van der Waals surface area contributed by atoms with Crippen LogP contribution in [-0.2, 0) is 12.8 Å². The molecule has 1 heterocycles. The van der Waals surface area contributed by atoms with Gasteiger partial charge in [0.25, 0.3) is 0 Å². The van der Waals surface area contributed by atoms with Gasteiger partial charge in [0.1, 0.15) is 0 Å². The molecule has 2 aliphatic rings. The molecule has 0 radical (unpaired) electrons. The zero-order valence-electron chi connectivity index (χ0n) is 12.7. The van der Waals surface area contributed by atoms with Crippen LogP contribution in [0.5, 0.6) is 0 Å². The van der Waals surface area contributed by atoms with Crippen LogP contribution in [0.25, 0.3) is 10.9 Å². The predicted octanol–water partition coefficient (Wildman–Crippen LogP) is 4.65. The summed E-state index contributed by atoms with van der Waals surface area (Å²) < 4.78 is 0. The predicted molar refractivity (Wildman–Crippen MR) is 88.3 cm³/mol. The standard InChI is InChI=1S/C19H24N2/c20-18-14-7-2-3-9-16(14)21-17-13-19(10-4-1-5-11-19)12-6-8-15(17)18/h2-3,7,9H,1,4-6,8,10-13H2,(H2,20,21). The Kier molecular flexibility index (Phi) is 3.13. The maximum atomic E-state index is 6.49. The van der Waals surface area contributed by atoms with Crippen LogP contribution < -0.4 is 5.73 Å². The van der Waals surface area contributed by atoms with Crippen molar-refractivity contribution in [1.29, 1.82) is 0 Å². The van der Waals surface area contributed by atoms with Crippen LogP contribution in [-0.4, -0.2) is 4.98 Å². The van der Waals surface area contributed by atoms with Crippen molar-refractivity contribution in [2.45, 2.75) is 57.8 Å². The Morgan fingerprint density at radius 3 is 2.57 bits per heavy atom. The number of anilines is 1. The van der Waals surface area contributed by atoms with Gasteiger partial charge in [-0.15, -0.1) is 0 Å². The number of pyridine rings is 1. The van der Waals surface area contributed by atoms with E-state index < -0.39 is 0 Å². The molecule has 0 amide bonds. The third-order valence-electron chi connectivity index (χ3n) is 5.71. The second kappa shape index (κ2) is 5.01. The molecule has 1 fully saturated rings. The highest BCUT2D eigenvalue weighted by atomic mass is 14.7. The van der Waals surface area contributed by atoms with E-state index in [2.05, 4.69) is 24.3 Å². The fourth-order valence-corrected chi connectivity index (χ4v) is 4.57. The van der Waals surface area contributed by atoms with Gasteiger partial charge in [-0.1, -0.05) is 37.5 Å². The average molecular weight is 280 g/mol. The van der Waals surface area contributed by atoms with Crippen LogP contribution in [0.2, 0.25) is 0 Å². The lowest BCUT2D eigenvalue weighted by atomic mass is 9.69. The Hall–Kier alpha value is -1.57. The van der Waals surface area contributed by atoms with E-state index in [0.717, 1.165) is 29.4 Å². The molecule has 1 aromatic heterocycles. The highest BCUT2D eigenvalue weighted by Crippen LogP contribution is 2.46. The normalized spacial score (nSPS) is 21.1. The number of benzene rings is 1. The number of nitrogens with zero attached hydrogens (tertiary/aromatic N) is 1. The fraction of sp³-hybridized carbons (Fsp3) is 0.526. The summed E-state index contributed by atoms with van der Waals surface area (Å²) in [5, 5.41) is 1.14. The first-order valence-corrected chi connectivity index (χ1v) is 8.43. The molecule has 2 N–H and O–H groups in total. The summed E-state index contributed by atoms with van der Waals surface area (Å²) >= 11 is 0. The summed E-state index contributed by atoms with van der Waals surface area (Å²) in [6.07, 6.45) is 11.9.